The van der Waals surface area contributed by atoms with E-state index in [0.717, 1.165) is 87.2 Å². The van der Waals surface area contributed by atoms with Crippen LogP contribution in [0, 0.1) is 0 Å². The molecule has 2 aliphatic rings. The Kier molecular flexibility index (Phi) is 6.39. The van der Waals surface area contributed by atoms with Gasteiger partial charge in [0, 0.05) is 42.5 Å². The molecule has 0 saturated carbocycles. The van der Waals surface area contributed by atoms with E-state index in [4.69, 9.17) is 25.1 Å². The first-order valence-electron chi connectivity index (χ1n) is 12.4. The number of benzene rings is 2. The topological polar surface area (TPSA) is 58.8 Å². The molecule has 0 N–H and O–H groups in total. The van der Waals surface area contributed by atoms with Crippen molar-refractivity contribution in [1.29, 1.82) is 0 Å². The van der Waals surface area contributed by atoms with Crippen LogP contribution in [0.2, 0.25) is 5.02 Å². The molecule has 35 heavy (non-hydrogen) atoms. The van der Waals surface area contributed by atoms with Gasteiger partial charge >= 0.3 is 5.63 Å². The summed E-state index contributed by atoms with van der Waals surface area (Å²) in [5.74, 6) is 1.72. The minimum absolute atomic E-state index is 0.257. The molecule has 8 heteroatoms. The third-order valence-corrected chi connectivity index (χ3v) is 8.38. The molecule has 1 aliphatic carbocycles. The second-order valence-corrected chi connectivity index (χ2v) is 10.5. The molecular weight excluding hydrogens is 482 g/mol. The van der Waals surface area contributed by atoms with Crippen molar-refractivity contribution in [3.8, 4) is 5.75 Å². The Labute approximate surface area is 213 Å². The Morgan fingerprint density at radius 2 is 1.83 bits per heavy atom. The van der Waals surface area contributed by atoms with E-state index in [9.17, 15) is 4.79 Å². The fourth-order valence-electron chi connectivity index (χ4n) is 5.31. The van der Waals surface area contributed by atoms with E-state index < -0.39 is 0 Å². The fourth-order valence-corrected chi connectivity index (χ4v) is 6.36. The zero-order valence-corrected chi connectivity index (χ0v) is 21.2. The van der Waals surface area contributed by atoms with Crippen molar-refractivity contribution in [2.75, 3.05) is 44.2 Å². The van der Waals surface area contributed by atoms with E-state index in [1.165, 1.54) is 10.1 Å². The van der Waals surface area contributed by atoms with Gasteiger partial charge in [-0.1, -0.05) is 23.7 Å². The smallest absolute Gasteiger partial charge is 0.339 e. The Hall–Kier alpha value is -2.61. The lowest BCUT2D eigenvalue weighted by Gasteiger charge is -2.35. The lowest BCUT2D eigenvalue weighted by atomic mass is 10.1. The molecule has 0 atom stereocenters. The maximum atomic E-state index is 12.3. The van der Waals surface area contributed by atoms with Gasteiger partial charge in [0.25, 0.3) is 0 Å². The Balaban J connectivity index is 0.988. The molecule has 0 amide bonds. The molecule has 0 radical (unpaired) electrons. The molecule has 182 valence electrons. The van der Waals surface area contributed by atoms with E-state index >= 15 is 0 Å². The lowest BCUT2D eigenvalue weighted by Crippen LogP contribution is -2.46. The number of anilines is 1. The summed E-state index contributed by atoms with van der Waals surface area (Å²) >= 11 is 8.15. The third kappa shape index (κ3) is 4.41. The van der Waals surface area contributed by atoms with Crippen LogP contribution in [0.1, 0.15) is 30.4 Å². The van der Waals surface area contributed by atoms with Crippen LogP contribution < -0.4 is 15.3 Å². The molecule has 2 aromatic heterocycles. The summed E-state index contributed by atoms with van der Waals surface area (Å²) in [7, 11) is 0. The predicted molar refractivity (Wildman–Crippen MR) is 143 cm³/mol. The van der Waals surface area contributed by atoms with Crippen molar-refractivity contribution in [3.05, 3.63) is 63.0 Å². The van der Waals surface area contributed by atoms with Crippen LogP contribution >= 0.6 is 23.1 Å². The number of hydrogen-bond donors (Lipinski definition) is 0. The van der Waals surface area contributed by atoms with E-state index in [0.29, 0.717) is 23.0 Å². The van der Waals surface area contributed by atoms with Crippen molar-refractivity contribution in [2.24, 2.45) is 0 Å². The number of halogens is 1. The minimum Gasteiger partial charge on any atom is -0.492 e. The highest BCUT2D eigenvalue weighted by Crippen LogP contribution is 2.36. The number of aromatic nitrogens is 1. The van der Waals surface area contributed by atoms with Crippen LogP contribution in [0.25, 0.3) is 21.1 Å². The van der Waals surface area contributed by atoms with Crippen molar-refractivity contribution in [3.63, 3.8) is 0 Å². The SMILES string of the molecule is O=c1oc2c(Cl)c(OCCCCN3CCN(c4nsc5ccccc45)CC3)ccc2c2c1CCC2. The van der Waals surface area contributed by atoms with Crippen molar-refractivity contribution in [2.45, 2.75) is 32.1 Å². The number of unbranched alkanes of at least 4 members (excludes halogenated alkanes) is 1. The number of fused-ring (bicyclic) bond motifs is 4. The quantitative estimate of drug-likeness (QED) is 0.241. The van der Waals surface area contributed by atoms with Crippen LogP contribution in [0.15, 0.2) is 45.6 Å². The van der Waals surface area contributed by atoms with Crippen molar-refractivity contribution in [1.82, 2.24) is 9.27 Å². The third-order valence-electron chi connectivity index (χ3n) is 7.20. The van der Waals surface area contributed by atoms with Crippen LogP contribution in [-0.2, 0) is 12.8 Å². The molecule has 1 fully saturated rings. The average molecular weight is 510 g/mol. The number of hydrogen-bond acceptors (Lipinski definition) is 7. The monoisotopic (exact) mass is 509 g/mol. The number of ether oxygens (including phenoxy) is 1. The molecule has 1 aliphatic heterocycles. The molecule has 6 nitrogen and oxygen atoms in total. The van der Waals surface area contributed by atoms with E-state index in [-0.39, 0.29) is 5.63 Å². The van der Waals surface area contributed by atoms with Gasteiger partial charge in [0.1, 0.15) is 16.6 Å². The molecule has 6 rings (SSSR count). The van der Waals surface area contributed by atoms with Gasteiger partial charge in [-0.25, -0.2) is 4.79 Å². The minimum atomic E-state index is -0.257. The molecular formula is C27H28ClN3O3S. The average Bonchev–Trinajstić information content (AvgIpc) is 3.54. The van der Waals surface area contributed by atoms with Crippen LogP contribution in [-0.4, -0.2) is 48.6 Å². The van der Waals surface area contributed by atoms with Gasteiger partial charge in [0.15, 0.2) is 5.58 Å². The summed E-state index contributed by atoms with van der Waals surface area (Å²) in [5, 5.41) is 2.61. The summed E-state index contributed by atoms with van der Waals surface area (Å²) < 4.78 is 17.5. The Morgan fingerprint density at radius 1 is 1.00 bits per heavy atom. The summed E-state index contributed by atoms with van der Waals surface area (Å²) in [6, 6.07) is 12.4. The largest absolute Gasteiger partial charge is 0.492 e. The van der Waals surface area contributed by atoms with Crippen LogP contribution in [0.4, 0.5) is 5.82 Å². The summed E-state index contributed by atoms with van der Waals surface area (Å²) in [4.78, 5) is 17.2. The first-order valence-corrected chi connectivity index (χ1v) is 13.6. The highest BCUT2D eigenvalue weighted by atomic mass is 35.5. The zero-order valence-electron chi connectivity index (χ0n) is 19.6. The molecule has 0 spiro atoms. The number of aryl methyl sites for hydroxylation is 1. The normalized spacial score (nSPS) is 16.3. The maximum absolute atomic E-state index is 12.3. The van der Waals surface area contributed by atoms with Crippen LogP contribution in [0.3, 0.4) is 0 Å². The molecule has 0 unspecified atom stereocenters. The Bertz CT molecular complexity index is 1420. The van der Waals surface area contributed by atoms with Gasteiger partial charge in [-0.2, -0.15) is 4.37 Å². The van der Waals surface area contributed by atoms with Gasteiger partial charge in [0.05, 0.1) is 11.3 Å². The fraction of sp³-hybridized carbons (Fsp3) is 0.407. The number of rotatable bonds is 7. The lowest BCUT2D eigenvalue weighted by molar-refractivity contribution is 0.238. The number of piperazine rings is 1. The molecule has 0 bridgehead atoms. The van der Waals surface area contributed by atoms with Gasteiger partial charge in [-0.05, 0) is 80.0 Å². The first kappa shape index (κ1) is 22.8. The van der Waals surface area contributed by atoms with E-state index in [1.54, 1.807) is 11.5 Å². The van der Waals surface area contributed by atoms with Crippen LogP contribution in [0.5, 0.6) is 5.75 Å². The highest BCUT2D eigenvalue weighted by molar-refractivity contribution is 7.13. The predicted octanol–water partition coefficient (Wildman–Crippen LogP) is 5.53. The van der Waals surface area contributed by atoms with Gasteiger partial charge in [-0.15, -0.1) is 0 Å². The van der Waals surface area contributed by atoms with E-state index in [2.05, 4.69) is 34.1 Å². The summed E-state index contributed by atoms with van der Waals surface area (Å²) in [5.41, 5.74) is 2.10. The standard InChI is InChI=1S/C27H28ClN3O3S/c28-24-22(11-10-19-18-7-5-8-20(18)27(32)34-25(19)24)33-17-4-3-12-30-13-15-31(16-14-30)26-21-6-1-2-9-23(21)35-29-26/h1-2,6,9-11H,3-5,7-8,12-17H2. The van der Waals surface area contributed by atoms with Gasteiger partial charge in [0.2, 0.25) is 0 Å². The molecule has 3 heterocycles. The van der Waals surface area contributed by atoms with Gasteiger partial charge in [-0.3, -0.25) is 4.90 Å². The van der Waals surface area contributed by atoms with Crippen molar-refractivity contribution < 1.29 is 9.15 Å². The molecule has 4 aromatic rings. The summed E-state index contributed by atoms with van der Waals surface area (Å²) in [6.45, 7) is 5.75. The van der Waals surface area contributed by atoms with E-state index in [1.807, 2.05) is 12.1 Å². The first-order chi connectivity index (χ1) is 17.2. The second-order valence-electron chi connectivity index (χ2n) is 9.34. The van der Waals surface area contributed by atoms with Crippen molar-refractivity contribution >= 4 is 50.0 Å². The maximum Gasteiger partial charge on any atom is 0.339 e. The molecule has 2 aromatic carbocycles. The zero-order chi connectivity index (χ0) is 23.8. The highest BCUT2D eigenvalue weighted by Gasteiger charge is 2.22. The van der Waals surface area contributed by atoms with Gasteiger partial charge < -0.3 is 14.1 Å². The number of nitrogens with zero attached hydrogens (tertiary/aromatic N) is 3. The second kappa shape index (κ2) is 9.80. The molecule has 1 saturated heterocycles. The summed E-state index contributed by atoms with van der Waals surface area (Å²) in [6.07, 6.45) is 4.70. The Morgan fingerprint density at radius 3 is 2.71 bits per heavy atom.